The van der Waals surface area contributed by atoms with Gasteiger partial charge in [-0.2, -0.15) is 0 Å². The van der Waals surface area contributed by atoms with Crippen molar-refractivity contribution in [3.63, 3.8) is 0 Å². The number of nitrogens with one attached hydrogen (secondary N) is 2. The van der Waals surface area contributed by atoms with Crippen molar-refractivity contribution < 1.29 is 13.2 Å². The molecule has 1 unspecified atom stereocenters. The van der Waals surface area contributed by atoms with Crippen LogP contribution in [0.25, 0.3) is 0 Å². The van der Waals surface area contributed by atoms with Gasteiger partial charge in [0, 0.05) is 24.1 Å². The SMILES string of the molecule is CCOCC(C)NS(=O)(=O)c1cc(C)c(CNC)s1. The fourth-order valence-corrected chi connectivity index (χ4v) is 4.45. The molecule has 1 aromatic rings. The molecular formula is C12H22N2O3S2. The molecule has 1 heterocycles. The quantitative estimate of drug-likeness (QED) is 0.763. The maximum atomic E-state index is 12.2. The van der Waals surface area contributed by atoms with Crippen molar-refractivity contribution in [2.75, 3.05) is 20.3 Å². The van der Waals surface area contributed by atoms with Gasteiger partial charge < -0.3 is 10.1 Å². The lowest BCUT2D eigenvalue weighted by atomic mass is 10.3. The first-order chi connectivity index (χ1) is 8.90. The van der Waals surface area contributed by atoms with Gasteiger partial charge in [0.05, 0.1) is 6.61 Å². The van der Waals surface area contributed by atoms with E-state index in [0.717, 1.165) is 10.4 Å². The van der Waals surface area contributed by atoms with Crippen LogP contribution in [-0.4, -0.2) is 34.7 Å². The molecule has 0 aliphatic heterocycles. The third-order valence-electron chi connectivity index (χ3n) is 2.53. The minimum atomic E-state index is -3.45. The fourth-order valence-electron chi connectivity index (χ4n) is 1.61. The van der Waals surface area contributed by atoms with Crippen LogP contribution in [0, 0.1) is 6.92 Å². The number of hydrogen-bond acceptors (Lipinski definition) is 5. The van der Waals surface area contributed by atoms with Gasteiger partial charge in [0.25, 0.3) is 0 Å². The summed E-state index contributed by atoms with van der Waals surface area (Å²) in [7, 11) is -1.61. The van der Waals surface area contributed by atoms with E-state index in [4.69, 9.17) is 4.74 Å². The van der Waals surface area contributed by atoms with Gasteiger partial charge in [0.1, 0.15) is 4.21 Å². The molecule has 0 amide bonds. The second kappa shape index (κ2) is 7.35. The zero-order valence-electron chi connectivity index (χ0n) is 11.8. The summed E-state index contributed by atoms with van der Waals surface area (Å²) < 4.78 is 32.6. The largest absolute Gasteiger partial charge is 0.380 e. The Balaban J connectivity index is 2.79. The minimum absolute atomic E-state index is 0.236. The highest BCUT2D eigenvalue weighted by atomic mass is 32.2. The van der Waals surface area contributed by atoms with E-state index in [1.807, 2.05) is 20.9 Å². The second-order valence-electron chi connectivity index (χ2n) is 4.38. The number of sulfonamides is 1. The van der Waals surface area contributed by atoms with Crippen molar-refractivity contribution >= 4 is 21.4 Å². The van der Waals surface area contributed by atoms with E-state index in [-0.39, 0.29) is 6.04 Å². The normalized spacial score (nSPS) is 13.7. The zero-order chi connectivity index (χ0) is 14.5. The lowest BCUT2D eigenvalue weighted by Gasteiger charge is -2.12. The lowest BCUT2D eigenvalue weighted by Crippen LogP contribution is -2.35. The van der Waals surface area contributed by atoms with Crippen LogP contribution >= 0.6 is 11.3 Å². The van der Waals surface area contributed by atoms with E-state index in [1.165, 1.54) is 11.3 Å². The number of hydrogen-bond donors (Lipinski definition) is 2. The van der Waals surface area contributed by atoms with Crippen molar-refractivity contribution in [3.8, 4) is 0 Å². The van der Waals surface area contributed by atoms with E-state index in [2.05, 4.69) is 10.0 Å². The van der Waals surface area contributed by atoms with Gasteiger partial charge in [-0.1, -0.05) is 0 Å². The summed E-state index contributed by atoms with van der Waals surface area (Å²) in [5.41, 5.74) is 0.997. The molecule has 7 heteroatoms. The fraction of sp³-hybridized carbons (Fsp3) is 0.667. The molecule has 0 aromatic carbocycles. The molecule has 0 aliphatic carbocycles. The molecule has 0 aliphatic rings. The molecule has 2 N–H and O–H groups in total. The smallest absolute Gasteiger partial charge is 0.250 e. The summed E-state index contributed by atoms with van der Waals surface area (Å²) in [6, 6.07) is 1.48. The van der Waals surface area contributed by atoms with Crippen LogP contribution in [0.5, 0.6) is 0 Å². The van der Waals surface area contributed by atoms with Crippen molar-refractivity contribution in [2.24, 2.45) is 0 Å². The first-order valence-corrected chi connectivity index (χ1v) is 8.54. The minimum Gasteiger partial charge on any atom is -0.380 e. The van der Waals surface area contributed by atoms with E-state index in [9.17, 15) is 8.42 Å². The molecule has 0 saturated heterocycles. The standard InChI is InChI=1S/C12H22N2O3S2/c1-5-17-8-10(3)14-19(15,16)12-6-9(2)11(18-12)7-13-4/h6,10,13-14H,5,7-8H2,1-4H3. The molecule has 0 bridgehead atoms. The van der Waals surface area contributed by atoms with Gasteiger partial charge in [0.2, 0.25) is 10.0 Å². The maximum absolute atomic E-state index is 12.2. The molecule has 0 spiro atoms. The highest BCUT2D eigenvalue weighted by Crippen LogP contribution is 2.25. The van der Waals surface area contributed by atoms with Gasteiger partial charge >= 0.3 is 0 Å². The van der Waals surface area contributed by atoms with E-state index in [1.54, 1.807) is 13.0 Å². The van der Waals surface area contributed by atoms with Crippen LogP contribution in [0.15, 0.2) is 10.3 Å². The average molecular weight is 306 g/mol. The van der Waals surface area contributed by atoms with E-state index < -0.39 is 10.0 Å². The summed E-state index contributed by atoms with van der Waals surface area (Å²) >= 11 is 1.30. The summed E-state index contributed by atoms with van der Waals surface area (Å²) in [6.07, 6.45) is 0. The Morgan fingerprint density at radius 1 is 1.47 bits per heavy atom. The van der Waals surface area contributed by atoms with Crippen molar-refractivity contribution in [3.05, 3.63) is 16.5 Å². The Bertz CT molecular complexity index is 497. The average Bonchev–Trinajstić information content (AvgIpc) is 2.69. The lowest BCUT2D eigenvalue weighted by molar-refractivity contribution is 0.133. The number of rotatable bonds is 8. The molecule has 19 heavy (non-hydrogen) atoms. The number of ether oxygens (including phenoxy) is 1. The first kappa shape index (κ1) is 16.6. The summed E-state index contributed by atoms with van der Waals surface area (Å²) in [5.74, 6) is 0. The van der Waals surface area contributed by atoms with E-state index in [0.29, 0.717) is 24.0 Å². The Morgan fingerprint density at radius 2 is 2.16 bits per heavy atom. The highest BCUT2D eigenvalue weighted by molar-refractivity contribution is 7.91. The monoisotopic (exact) mass is 306 g/mol. The Morgan fingerprint density at radius 3 is 2.74 bits per heavy atom. The van der Waals surface area contributed by atoms with Crippen molar-refractivity contribution in [1.82, 2.24) is 10.0 Å². The van der Waals surface area contributed by atoms with Gasteiger partial charge in [-0.25, -0.2) is 13.1 Å². The molecule has 0 radical (unpaired) electrons. The summed E-state index contributed by atoms with van der Waals surface area (Å²) in [4.78, 5) is 1.04. The summed E-state index contributed by atoms with van der Waals surface area (Å²) in [6.45, 7) is 7.24. The highest BCUT2D eigenvalue weighted by Gasteiger charge is 2.21. The molecular weight excluding hydrogens is 284 g/mol. The molecule has 5 nitrogen and oxygen atoms in total. The molecule has 1 rings (SSSR count). The molecule has 110 valence electrons. The Hall–Kier alpha value is -0.470. The van der Waals surface area contributed by atoms with Crippen molar-refractivity contribution in [1.29, 1.82) is 0 Å². The van der Waals surface area contributed by atoms with Crippen LogP contribution in [0.2, 0.25) is 0 Å². The third-order valence-corrected chi connectivity index (χ3v) is 5.83. The topological polar surface area (TPSA) is 67.4 Å². The van der Waals surface area contributed by atoms with Crippen LogP contribution in [0.3, 0.4) is 0 Å². The van der Waals surface area contributed by atoms with Gasteiger partial charge in [0.15, 0.2) is 0 Å². The van der Waals surface area contributed by atoms with Gasteiger partial charge in [-0.05, 0) is 39.4 Å². The Labute approximate surface area is 119 Å². The van der Waals surface area contributed by atoms with Crippen LogP contribution in [-0.2, 0) is 21.3 Å². The predicted molar refractivity (Wildman–Crippen MR) is 78.1 cm³/mol. The third kappa shape index (κ3) is 4.85. The van der Waals surface area contributed by atoms with Crippen molar-refractivity contribution in [2.45, 2.75) is 37.6 Å². The molecule has 1 aromatic heterocycles. The van der Waals surface area contributed by atoms with Crippen LogP contribution in [0.1, 0.15) is 24.3 Å². The summed E-state index contributed by atoms with van der Waals surface area (Å²) in [5, 5.41) is 3.03. The Kier molecular flexibility index (Phi) is 6.41. The molecule has 0 saturated carbocycles. The van der Waals surface area contributed by atoms with Gasteiger partial charge in [-0.15, -0.1) is 11.3 Å². The van der Waals surface area contributed by atoms with Crippen LogP contribution in [0.4, 0.5) is 0 Å². The zero-order valence-corrected chi connectivity index (χ0v) is 13.5. The van der Waals surface area contributed by atoms with Gasteiger partial charge in [-0.3, -0.25) is 0 Å². The first-order valence-electron chi connectivity index (χ1n) is 6.24. The maximum Gasteiger partial charge on any atom is 0.250 e. The molecule has 1 atom stereocenters. The van der Waals surface area contributed by atoms with E-state index >= 15 is 0 Å². The van der Waals surface area contributed by atoms with Crippen LogP contribution < -0.4 is 10.0 Å². The number of aryl methyl sites for hydroxylation is 1. The second-order valence-corrected chi connectivity index (χ2v) is 7.46. The number of thiophene rings is 1. The predicted octanol–water partition coefficient (Wildman–Crippen LogP) is 1.48. The molecule has 0 fully saturated rings.